The van der Waals surface area contributed by atoms with Crippen molar-refractivity contribution in [3.8, 4) is 6.07 Å². The van der Waals surface area contributed by atoms with E-state index in [4.69, 9.17) is 26.2 Å². The molecule has 0 atom stereocenters. The summed E-state index contributed by atoms with van der Waals surface area (Å²) in [7, 11) is -0.425. The Kier molecular flexibility index (Phi) is 3.97. The molecule has 1 aliphatic rings. The highest BCUT2D eigenvalue weighted by Crippen LogP contribution is 2.37. The quantitative estimate of drug-likeness (QED) is 0.776. The normalized spacial score (nSPS) is 20.3. The average Bonchev–Trinajstić information content (AvgIpc) is 2.55. The van der Waals surface area contributed by atoms with Gasteiger partial charge in [-0.25, -0.2) is 0 Å². The number of benzene rings is 1. The molecule has 20 heavy (non-hydrogen) atoms. The van der Waals surface area contributed by atoms with Crippen LogP contribution in [0.3, 0.4) is 0 Å². The maximum Gasteiger partial charge on any atom is 0.487 e. The number of rotatable bonds is 2. The van der Waals surface area contributed by atoms with E-state index in [-0.39, 0.29) is 11.2 Å². The van der Waals surface area contributed by atoms with E-state index in [0.717, 1.165) is 5.56 Å². The van der Waals surface area contributed by atoms with Gasteiger partial charge in [-0.1, -0.05) is 23.7 Å². The van der Waals surface area contributed by atoms with E-state index >= 15 is 0 Å². The Hall–Kier alpha value is -1.28. The van der Waals surface area contributed by atoms with Gasteiger partial charge in [0, 0.05) is 5.02 Å². The zero-order valence-electron chi connectivity index (χ0n) is 12.1. The molecule has 3 nitrogen and oxygen atoms in total. The minimum absolute atomic E-state index is 0.367. The van der Waals surface area contributed by atoms with Gasteiger partial charge in [-0.2, -0.15) is 5.26 Å². The Balaban J connectivity index is 2.20. The number of hydrogen-bond acceptors (Lipinski definition) is 3. The Morgan fingerprint density at radius 1 is 1.20 bits per heavy atom. The van der Waals surface area contributed by atoms with Gasteiger partial charge in [-0.3, -0.25) is 0 Å². The van der Waals surface area contributed by atoms with Gasteiger partial charge in [0.05, 0.1) is 22.8 Å². The highest BCUT2D eigenvalue weighted by molar-refractivity contribution is 6.52. The van der Waals surface area contributed by atoms with E-state index in [1.54, 1.807) is 18.2 Å². The van der Waals surface area contributed by atoms with Crippen LogP contribution in [0.5, 0.6) is 0 Å². The Morgan fingerprint density at radius 2 is 1.80 bits per heavy atom. The molecule has 0 amide bonds. The van der Waals surface area contributed by atoms with Crippen LogP contribution in [0.2, 0.25) is 5.02 Å². The predicted molar refractivity (Wildman–Crippen MR) is 81.3 cm³/mol. The second kappa shape index (κ2) is 5.25. The topological polar surface area (TPSA) is 42.2 Å². The number of hydrogen-bond donors (Lipinski definition) is 0. The van der Waals surface area contributed by atoms with Crippen LogP contribution >= 0.6 is 11.6 Å². The average molecular weight is 290 g/mol. The molecule has 1 aliphatic heterocycles. The molecular formula is C15H17BClNO2. The highest BCUT2D eigenvalue weighted by atomic mass is 35.5. The van der Waals surface area contributed by atoms with Crippen molar-refractivity contribution in [2.75, 3.05) is 0 Å². The zero-order valence-corrected chi connectivity index (χ0v) is 12.9. The Morgan fingerprint density at radius 3 is 2.35 bits per heavy atom. The standard InChI is InChI=1S/C15H17BClNO2/c1-14(2)15(3,4)20-16(19-14)8-7-11-9-13(17)6-5-12(11)10-18/h5-9H,1-4H3. The molecular weight excluding hydrogens is 272 g/mol. The van der Waals surface area contributed by atoms with E-state index in [9.17, 15) is 0 Å². The lowest BCUT2D eigenvalue weighted by atomic mass is 9.88. The first-order chi connectivity index (χ1) is 9.25. The second-order valence-corrected chi connectivity index (χ2v) is 6.26. The summed E-state index contributed by atoms with van der Waals surface area (Å²) in [5.74, 6) is 1.81. The first-order valence-corrected chi connectivity index (χ1v) is 6.86. The van der Waals surface area contributed by atoms with Crippen molar-refractivity contribution in [1.82, 2.24) is 0 Å². The predicted octanol–water partition coefficient (Wildman–Crippen LogP) is 3.86. The number of nitriles is 1. The Labute approximate surface area is 125 Å². The molecule has 0 saturated carbocycles. The molecule has 1 saturated heterocycles. The van der Waals surface area contributed by atoms with Crippen LogP contribution in [0.1, 0.15) is 38.8 Å². The van der Waals surface area contributed by atoms with Gasteiger partial charge in [-0.05, 0) is 51.5 Å². The van der Waals surface area contributed by atoms with Crippen molar-refractivity contribution in [3.63, 3.8) is 0 Å². The fourth-order valence-corrected chi connectivity index (χ4v) is 2.10. The summed E-state index contributed by atoms with van der Waals surface area (Å²) in [6.45, 7) is 8.00. The first-order valence-electron chi connectivity index (χ1n) is 6.49. The maximum atomic E-state index is 9.08. The van der Waals surface area contributed by atoms with Crippen LogP contribution in [-0.4, -0.2) is 18.3 Å². The molecule has 0 N–H and O–H groups in total. The minimum Gasteiger partial charge on any atom is -0.400 e. The minimum atomic E-state index is -0.425. The van der Waals surface area contributed by atoms with Crippen LogP contribution in [0.25, 0.3) is 6.08 Å². The Bertz CT molecular complexity index is 574. The molecule has 104 valence electrons. The van der Waals surface area contributed by atoms with E-state index in [2.05, 4.69) is 6.07 Å². The third kappa shape index (κ3) is 2.91. The van der Waals surface area contributed by atoms with Crippen molar-refractivity contribution in [3.05, 3.63) is 40.3 Å². The van der Waals surface area contributed by atoms with Gasteiger partial charge in [0.2, 0.25) is 0 Å². The van der Waals surface area contributed by atoms with E-state index in [1.807, 2.05) is 39.7 Å². The zero-order chi connectivity index (χ0) is 15.0. The van der Waals surface area contributed by atoms with E-state index in [0.29, 0.717) is 10.6 Å². The molecule has 5 heteroatoms. The first kappa shape index (κ1) is 15.1. The van der Waals surface area contributed by atoms with Gasteiger partial charge in [-0.15, -0.1) is 0 Å². The fourth-order valence-electron chi connectivity index (χ4n) is 1.92. The molecule has 1 aromatic carbocycles. The van der Waals surface area contributed by atoms with Crippen LogP contribution < -0.4 is 0 Å². The summed E-state index contributed by atoms with van der Waals surface area (Å²) < 4.78 is 11.7. The third-order valence-electron chi connectivity index (χ3n) is 3.84. The van der Waals surface area contributed by atoms with Crippen molar-refractivity contribution in [1.29, 1.82) is 5.26 Å². The van der Waals surface area contributed by atoms with Crippen LogP contribution in [0.4, 0.5) is 0 Å². The van der Waals surface area contributed by atoms with Crippen LogP contribution in [0.15, 0.2) is 24.2 Å². The van der Waals surface area contributed by atoms with E-state index < -0.39 is 7.12 Å². The molecule has 1 aromatic rings. The van der Waals surface area contributed by atoms with Crippen molar-refractivity contribution < 1.29 is 9.31 Å². The largest absolute Gasteiger partial charge is 0.487 e. The summed E-state index contributed by atoms with van der Waals surface area (Å²) in [5.41, 5.74) is 0.597. The molecule has 0 unspecified atom stereocenters. The molecule has 2 rings (SSSR count). The lowest BCUT2D eigenvalue weighted by molar-refractivity contribution is 0.00578. The third-order valence-corrected chi connectivity index (χ3v) is 4.07. The van der Waals surface area contributed by atoms with Gasteiger partial charge in [0.15, 0.2) is 0 Å². The fraction of sp³-hybridized carbons (Fsp3) is 0.400. The van der Waals surface area contributed by atoms with Gasteiger partial charge in [0.1, 0.15) is 0 Å². The second-order valence-electron chi connectivity index (χ2n) is 5.83. The van der Waals surface area contributed by atoms with Crippen molar-refractivity contribution in [2.45, 2.75) is 38.9 Å². The molecule has 0 bridgehead atoms. The molecule has 0 radical (unpaired) electrons. The molecule has 0 aliphatic carbocycles. The molecule has 0 aromatic heterocycles. The lowest BCUT2D eigenvalue weighted by Gasteiger charge is -2.32. The molecule has 0 spiro atoms. The lowest BCUT2D eigenvalue weighted by Crippen LogP contribution is -2.41. The van der Waals surface area contributed by atoms with Crippen LogP contribution in [0, 0.1) is 11.3 Å². The molecule has 1 heterocycles. The maximum absolute atomic E-state index is 9.08. The van der Waals surface area contributed by atoms with Gasteiger partial charge in [0.25, 0.3) is 0 Å². The summed E-state index contributed by atoms with van der Waals surface area (Å²) in [6, 6.07) is 7.29. The van der Waals surface area contributed by atoms with Crippen molar-refractivity contribution in [2.24, 2.45) is 0 Å². The summed E-state index contributed by atoms with van der Waals surface area (Å²) in [4.78, 5) is 0. The molecule has 1 fully saturated rings. The van der Waals surface area contributed by atoms with Gasteiger partial charge < -0.3 is 9.31 Å². The highest BCUT2D eigenvalue weighted by Gasteiger charge is 2.49. The monoisotopic (exact) mass is 289 g/mol. The van der Waals surface area contributed by atoms with Crippen LogP contribution in [-0.2, 0) is 9.31 Å². The number of halogens is 1. The van der Waals surface area contributed by atoms with Crippen molar-refractivity contribution >= 4 is 24.8 Å². The summed E-state index contributed by atoms with van der Waals surface area (Å²) >= 11 is 5.95. The smallest absolute Gasteiger partial charge is 0.400 e. The summed E-state index contributed by atoms with van der Waals surface area (Å²) in [5, 5.41) is 9.67. The SMILES string of the molecule is CC1(C)OB(C=Cc2cc(Cl)ccc2C#N)OC1(C)C. The van der Waals surface area contributed by atoms with E-state index in [1.165, 1.54) is 0 Å². The van der Waals surface area contributed by atoms with Gasteiger partial charge >= 0.3 is 7.12 Å². The summed E-state index contributed by atoms with van der Waals surface area (Å²) in [6.07, 6.45) is 1.81. The number of nitrogens with zero attached hydrogens (tertiary/aromatic N) is 1.